The molecule has 2 heterocycles. The van der Waals surface area contributed by atoms with Crippen LogP contribution in [-0.2, 0) is 11.3 Å². The molecular weight excluding hydrogens is 514 g/mol. The number of ether oxygens (including phenoxy) is 2. The fourth-order valence-electron chi connectivity index (χ4n) is 3.95. The van der Waals surface area contributed by atoms with Crippen LogP contribution in [0.15, 0.2) is 18.2 Å². The lowest BCUT2D eigenvalue weighted by Gasteiger charge is -2.34. The number of rotatable bonds is 8. The molecule has 1 aliphatic rings. The second kappa shape index (κ2) is 9.92. The van der Waals surface area contributed by atoms with Gasteiger partial charge in [0.2, 0.25) is 0 Å². The van der Waals surface area contributed by atoms with Crippen molar-refractivity contribution < 1.29 is 27.8 Å². The summed E-state index contributed by atoms with van der Waals surface area (Å²) in [6, 6.07) is 5.32. The average molecular weight is 541 g/mol. The van der Waals surface area contributed by atoms with E-state index in [0.717, 1.165) is 37.0 Å². The Kier molecular flexibility index (Phi) is 7.75. The summed E-state index contributed by atoms with van der Waals surface area (Å²) in [5, 5.41) is 14.1. The molecule has 0 aliphatic carbocycles. The van der Waals surface area contributed by atoms with E-state index in [-0.39, 0.29) is 6.04 Å². The molecule has 0 amide bonds. The lowest BCUT2D eigenvalue weighted by molar-refractivity contribution is -0.140. The van der Waals surface area contributed by atoms with Crippen LogP contribution in [0.2, 0.25) is 0 Å². The zero-order valence-electron chi connectivity index (χ0n) is 17.0. The number of aliphatic hydroxyl groups is 1. The van der Waals surface area contributed by atoms with Gasteiger partial charge in [-0.1, -0.05) is 0 Å². The molecule has 1 fully saturated rings. The first-order valence-corrected chi connectivity index (χ1v) is 10.9. The second-order valence-electron chi connectivity index (χ2n) is 7.57. The summed E-state index contributed by atoms with van der Waals surface area (Å²) < 4.78 is 51.4. The molecule has 3 rings (SSSR count). The number of likely N-dealkylation sites (tertiary alicyclic amines) is 1. The lowest BCUT2D eigenvalue weighted by Crippen LogP contribution is -2.43. The van der Waals surface area contributed by atoms with Crippen molar-refractivity contribution >= 4 is 39.2 Å². The third kappa shape index (κ3) is 5.71. The summed E-state index contributed by atoms with van der Waals surface area (Å²) in [6.45, 7) is 1.50. The number of aliphatic hydroxyl groups excluding tert-OH is 1. The Morgan fingerprint density at radius 3 is 2.57 bits per heavy atom. The highest BCUT2D eigenvalue weighted by Gasteiger charge is 2.30. The second-order valence-corrected chi connectivity index (χ2v) is 8.68. The third-order valence-electron chi connectivity index (χ3n) is 5.32. The summed E-state index contributed by atoms with van der Waals surface area (Å²) in [5.74, 6) is 0.612. The molecule has 2 aromatic rings. The minimum Gasteiger partial charge on any atom is -0.495 e. The summed E-state index contributed by atoms with van der Waals surface area (Å²) >= 11 is 1.94. The molecule has 168 valence electrons. The first-order chi connectivity index (χ1) is 14.2. The predicted molar refractivity (Wildman–Crippen MR) is 118 cm³/mol. The van der Waals surface area contributed by atoms with Gasteiger partial charge in [0.25, 0.3) is 0 Å². The van der Waals surface area contributed by atoms with Crippen LogP contribution in [-0.4, -0.2) is 73.4 Å². The molecule has 1 aromatic carbocycles. The molecule has 10 heteroatoms. The maximum atomic E-state index is 13.0. The Morgan fingerprint density at radius 2 is 1.97 bits per heavy atom. The van der Waals surface area contributed by atoms with Gasteiger partial charge in [-0.05, 0) is 53.6 Å². The molecule has 0 bridgehead atoms. The largest absolute Gasteiger partial charge is 0.495 e. The van der Waals surface area contributed by atoms with Crippen LogP contribution in [0, 0.1) is 3.70 Å². The van der Waals surface area contributed by atoms with Crippen molar-refractivity contribution in [1.82, 2.24) is 9.47 Å². The fraction of sp³-hybridized carbons (Fsp3) is 0.600. The van der Waals surface area contributed by atoms with Gasteiger partial charge in [0.15, 0.2) is 0 Å². The monoisotopic (exact) mass is 541 g/mol. The topological polar surface area (TPSA) is 58.9 Å². The number of anilines is 1. The minimum absolute atomic E-state index is 0.170. The van der Waals surface area contributed by atoms with Crippen molar-refractivity contribution in [1.29, 1.82) is 0 Å². The van der Waals surface area contributed by atoms with Crippen LogP contribution in [0.3, 0.4) is 0 Å². The average Bonchev–Trinajstić information content (AvgIpc) is 2.98. The van der Waals surface area contributed by atoms with E-state index in [1.54, 1.807) is 32.4 Å². The number of alkyl halides is 3. The quantitative estimate of drug-likeness (QED) is 0.500. The Balaban J connectivity index is 1.77. The molecule has 1 saturated heterocycles. The van der Waals surface area contributed by atoms with Gasteiger partial charge in [-0.15, -0.1) is 0 Å². The number of aromatic nitrogens is 1. The smallest absolute Gasteiger partial charge is 0.406 e. The van der Waals surface area contributed by atoms with E-state index in [2.05, 4.69) is 10.2 Å². The first kappa shape index (κ1) is 23.4. The number of nitrogens with one attached hydrogen (secondary N) is 1. The number of fused-ring (bicyclic) bond motifs is 1. The maximum Gasteiger partial charge on any atom is 0.406 e. The van der Waals surface area contributed by atoms with Gasteiger partial charge in [-0.3, -0.25) is 0 Å². The van der Waals surface area contributed by atoms with E-state index >= 15 is 0 Å². The van der Waals surface area contributed by atoms with Crippen LogP contribution in [0.5, 0.6) is 5.75 Å². The van der Waals surface area contributed by atoms with E-state index < -0.39 is 18.8 Å². The Morgan fingerprint density at radius 1 is 1.27 bits per heavy atom. The van der Waals surface area contributed by atoms with Gasteiger partial charge in [0.1, 0.15) is 12.3 Å². The molecule has 30 heavy (non-hydrogen) atoms. The van der Waals surface area contributed by atoms with Gasteiger partial charge in [-0.2, -0.15) is 13.2 Å². The van der Waals surface area contributed by atoms with Crippen LogP contribution in [0.25, 0.3) is 10.9 Å². The van der Waals surface area contributed by atoms with Gasteiger partial charge >= 0.3 is 6.18 Å². The molecule has 2 N–H and O–H groups in total. The van der Waals surface area contributed by atoms with Crippen LogP contribution in [0.4, 0.5) is 18.9 Å². The van der Waals surface area contributed by atoms with Crippen molar-refractivity contribution in [3.63, 3.8) is 0 Å². The SMILES string of the molecule is COCC(O)CN1CCC(Nc2c(OC)ccc3c2cc(I)n3CC(F)(F)F)CC1. The minimum atomic E-state index is -4.29. The number of nitrogens with zero attached hydrogens (tertiary/aromatic N) is 2. The molecular formula is C20H27F3IN3O3. The van der Waals surface area contributed by atoms with E-state index in [0.29, 0.717) is 28.1 Å². The van der Waals surface area contributed by atoms with E-state index in [1.807, 2.05) is 22.6 Å². The highest BCUT2D eigenvalue weighted by molar-refractivity contribution is 14.1. The van der Waals surface area contributed by atoms with Crippen LogP contribution < -0.4 is 10.1 Å². The van der Waals surface area contributed by atoms with Crippen molar-refractivity contribution in [2.75, 3.05) is 45.8 Å². The number of hydrogen-bond donors (Lipinski definition) is 2. The fourth-order valence-corrected chi connectivity index (χ4v) is 4.69. The van der Waals surface area contributed by atoms with Crippen molar-refractivity contribution in [2.24, 2.45) is 0 Å². The maximum absolute atomic E-state index is 13.0. The predicted octanol–water partition coefficient (Wildman–Crippen LogP) is 3.70. The molecule has 1 aromatic heterocycles. The molecule has 1 unspecified atom stereocenters. The Labute approximate surface area is 187 Å². The standard InChI is InChI=1S/C20H27F3IN3O3/c1-29-11-14(28)10-26-7-5-13(6-8-26)25-19-15-9-18(24)27(12-20(21,22)23)16(15)3-4-17(19)30-2/h3-4,9,13-14,25,28H,5-8,10-12H2,1-2H3. The number of piperidine rings is 1. The summed E-state index contributed by atoms with van der Waals surface area (Å²) in [7, 11) is 3.13. The molecule has 0 spiro atoms. The number of hydrogen-bond acceptors (Lipinski definition) is 5. The zero-order valence-corrected chi connectivity index (χ0v) is 19.2. The lowest BCUT2D eigenvalue weighted by atomic mass is 10.0. The van der Waals surface area contributed by atoms with Gasteiger partial charge in [0.05, 0.1) is 34.7 Å². The highest BCUT2D eigenvalue weighted by atomic mass is 127. The molecule has 1 atom stereocenters. The van der Waals surface area contributed by atoms with E-state index in [9.17, 15) is 18.3 Å². The summed E-state index contributed by atoms with van der Waals surface area (Å²) in [4.78, 5) is 2.20. The van der Waals surface area contributed by atoms with Gasteiger partial charge < -0.3 is 29.4 Å². The van der Waals surface area contributed by atoms with E-state index in [4.69, 9.17) is 9.47 Å². The third-order valence-corrected chi connectivity index (χ3v) is 6.21. The van der Waals surface area contributed by atoms with Crippen molar-refractivity contribution in [3.8, 4) is 5.75 Å². The summed E-state index contributed by atoms with van der Waals surface area (Å²) in [6.07, 6.45) is -3.08. The highest BCUT2D eigenvalue weighted by Crippen LogP contribution is 2.38. The zero-order chi connectivity index (χ0) is 21.9. The number of β-amino-alcohol motifs (C(OH)–C–C–N with tert-alkyl or cyclic N) is 1. The molecule has 0 saturated carbocycles. The normalized spacial score (nSPS) is 17.4. The number of halogens is 4. The van der Waals surface area contributed by atoms with Crippen molar-refractivity contribution in [2.45, 2.75) is 37.7 Å². The number of methoxy groups -OCH3 is 2. The van der Waals surface area contributed by atoms with E-state index in [1.165, 1.54) is 4.57 Å². The Hall–Kier alpha value is -1.24. The van der Waals surface area contributed by atoms with Crippen LogP contribution in [0.1, 0.15) is 12.8 Å². The first-order valence-electron chi connectivity index (χ1n) is 9.80. The number of benzene rings is 1. The van der Waals surface area contributed by atoms with Crippen LogP contribution >= 0.6 is 22.6 Å². The molecule has 1 aliphatic heterocycles. The van der Waals surface area contributed by atoms with Gasteiger partial charge in [0, 0.05) is 38.2 Å². The molecule has 0 radical (unpaired) electrons. The Bertz CT molecular complexity index is 851. The molecule has 6 nitrogen and oxygen atoms in total. The summed E-state index contributed by atoms with van der Waals surface area (Å²) in [5.41, 5.74) is 1.26. The van der Waals surface area contributed by atoms with Crippen molar-refractivity contribution in [3.05, 3.63) is 21.9 Å². The van der Waals surface area contributed by atoms with Gasteiger partial charge in [-0.25, -0.2) is 0 Å².